The Labute approximate surface area is 206 Å². The molecule has 0 spiro atoms. The first-order valence-electron chi connectivity index (χ1n) is 10.9. The molecule has 0 saturated carbocycles. The quantitative estimate of drug-likeness (QED) is 0.308. The summed E-state index contributed by atoms with van der Waals surface area (Å²) in [4.78, 5) is 4.80. The Bertz CT molecular complexity index is 900. The van der Waals surface area contributed by atoms with Crippen LogP contribution in [0.3, 0.4) is 0 Å². The van der Waals surface area contributed by atoms with Crippen LogP contribution in [0.2, 0.25) is 0 Å². The lowest BCUT2D eigenvalue weighted by molar-refractivity contribution is 0.0347. The molecule has 4 rings (SSSR count). The fraction of sp³-hybridized carbons (Fsp3) is 0.591. The fourth-order valence-electron chi connectivity index (χ4n) is 3.73. The fourth-order valence-corrected chi connectivity index (χ4v) is 3.73. The summed E-state index contributed by atoms with van der Waals surface area (Å²) < 4.78 is 19.1. The van der Waals surface area contributed by atoms with Crippen molar-refractivity contribution < 1.29 is 14.2 Å². The van der Waals surface area contributed by atoms with Crippen LogP contribution in [0.4, 0.5) is 0 Å². The van der Waals surface area contributed by atoms with Gasteiger partial charge in [-0.1, -0.05) is 18.2 Å². The molecule has 3 unspecified atom stereocenters. The van der Waals surface area contributed by atoms with Gasteiger partial charge in [0.1, 0.15) is 18.1 Å². The Kier molecular flexibility index (Phi) is 9.11. The summed E-state index contributed by atoms with van der Waals surface area (Å²) in [6.07, 6.45) is 2.00. The van der Waals surface area contributed by atoms with Crippen molar-refractivity contribution in [2.24, 2.45) is 12.0 Å². The molecule has 2 aromatic rings. The third-order valence-corrected chi connectivity index (χ3v) is 5.68. The second kappa shape index (κ2) is 11.8. The van der Waals surface area contributed by atoms with Gasteiger partial charge in [-0.2, -0.15) is 0 Å². The van der Waals surface area contributed by atoms with Crippen LogP contribution in [0.15, 0.2) is 29.3 Å². The van der Waals surface area contributed by atoms with E-state index in [-0.39, 0.29) is 42.2 Å². The van der Waals surface area contributed by atoms with E-state index in [1.54, 1.807) is 0 Å². The van der Waals surface area contributed by atoms with Crippen molar-refractivity contribution in [1.29, 1.82) is 0 Å². The third-order valence-electron chi connectivity index (χ3n) is 5.68. The first kappa shape index (κ1) is 24.7. The Morgan fingerprint density at radius 3 is 2.88 bits per heavy atom. The van der Waals surface area contributed by atoms with Crippen LogP contribution in [0, 0.1) is 6.92 Å². The first-order valence-corrected chi connectivity index (χ1v) is 10.9. The lowest BCUT2D eigenvalue weighted by Crippen LogP contribution is -2.46. The van der Waals surface area contributed by atoms with E-state index >= 15 is 0 Å². The molecule has 3 atom stereocenters. The molecule has 3 heterocycles. The number of hydrogen-bond donors (Lipinski definition) is 2. The van der Waals surface area contributed by atoms with Gasteiger partial charge >= 0.3 is 0 Å². The number of benzene rings is 1. The summed E-state index contributed by atoms with van der Waals surface area (Å²) >= 11 is 0. The molecular formula is C22H33IN6O3. The molecule has 9 nitrogen and oxygen atoms in total. The van der Waals surface area contributed by atoms with Gasteiger partial charge in [-0.25, -0.2) is 4.99 Å². The van der Waals surface area contributed by atoms with Crippen molar-refractivity contribution >= 4 is 29.9 Å². The van der Waals surface area contributed by atoms with Gasteiger partial charge in [0.2, 0.25) is 0 Å². The van der Waals surface area contributed by atoms with Crippen LogP contribution >= 0.6 is 24.0 Å². The zero-order chi connectivity index (χ0) is 21.6. The highest BCUT2D eigenvalue weighted by Gasteiger charge is 2.23. The Hall–Kier alpha value is -1.92. The average molecular weight is 556 g/mol. The molecule has 2 aliphatic rings. The van der Waals surface area contributed by atoms with Gasteiger partial charge in [-0.15, -0.1) is 34.2 Å². The summed E-state index contributed by atoms with van der Waals surface area (Å²) in [5.74, 6) is 3.33. The maximum Gasteiger partial charge on any atom is 0.192 e. The molecular weight excluding hydrogens is 523 g/mol. The molecule has 1 aromatic heterocycles. The van der Waals surface area contributed by atoms with E-state index in [1.165, 1.54) is 0 Å². The van der Waals surface area contributed by atoms with Crippen LogP contribution in [-0.2, 0) is 23.1 Å². The van der Waals surface area contributed by atoms with Gasteiger partial charge in [-0.3, -0.25) is 0 Å². The van der Waals surface area contributed by atoms with Gasteiger partial charge in [0.05, 0.1) is 32.0 Å². The molecule has 32 heavy (non-hydrogen) atoms. The van der Waals surface area contributed by atoms with Gasteiger partial charge in [0.15, 0.2) is 11.8 Å². The smallest absolute Gasteiger partial charge is 0.192 e. The molecule has 0 bridgehead atoms. The topological polar surface area (TPSA) is 94.8 Å². The standard InChI is InChI=1S/C22H32N6O3.HI/c1-15(13-31-17-8-10-29-14-17)24-22(23-12-21-27-26-16(2)28(21)3)25-19-9-11-30-20-7-5-4-6-18(19)20;/h4-7,15,17,19H,8-14H2,1-3H3,(H2,23,24,25);1H. The third kappa shape index (κ3) is 6.32. The number of aliphatic imine (C=N–C) groups is 1. The number of aryl methyl sites for hydroxylation is 1. The number of hydrogen-bond acceptors (Lipinski definition) is 6. The summed E-state index contributed by atoms with van der Waals surface area (Å²) in [6, 6.07) is 8.35. The van der Waals surface area contributed by atoms with E-state index in [2.05, 4.69) is 33.8 Å². The van der Waals surface area contributed by atoms with Crippen LogP contribution in [0.1, 0.15) is 43.0 Å². The predicted molar refractivity (Wildman–Crippen MR) is 132 cm³/mol. The van der Waals surface area contributed by atoms with Crippen molar-refractivity contribution in [1.82, 2.24) is 25.4 Å². The maximum absolute atomic E-state index is 5.98. The minimum atomic E-state index is 0. The summed E-state index contributed by atoms with van der Waals surface area (Å²) in [7, 11) is 1.95. The monoisotopic (exact) mass is 556 g/mol. The van der Waals surface area contributed by atoms with Gasteiger partial charge in [0, 0.05) is 31.7 Å². The molecule has 1 fully saturated rings. The normalized spacial score (nSPS) is 21.3. The lowest BCUT2D eigenvalue weighted by atomic mass is 10.0. The van der Waals surface area contributed by atoms with Crippen molar-refractivity contribution in [2.45, 2.75) is 51.4 Å². The van der Waals surface area contributed by atoms with Crippen molar-refractivity contribution in [3.05, 3.63) is 41.5 Å². The molecule has 0 aliphatic carbocycles. The number of rotatable bonds is 7. The summed E-state index contributed by atoms with van der Waals surface area (Å²) in [6.45, 7) is 7.17. The summed E-state index contributed by atoms with van der Waals surface area (Å²) in [5.41, 5.74) is 1.14. The highest BCUT2D eigenvalue weighted by Crippen LogP contribution is 2.31. The Morgan fingerprint density at radius 2 is 2.12 bits per heavy atom. The van der Waals surface area contributed by atoms with E-state index in [4.69, 9.17) is 19.2 Å². The Balaban J connectivity index is 0.00000289. The predicted octanol–water partition coefficient (Wildman–Crippen LogP) is 2.49. The van der Waals surface area contributed by atoms with Crippen LogP contribution in [-0.4, -0.2) is 59.3 Å². The second-order valence-corrected chi connectivity index (χ2v) is 8.12. The molecule has 10 heteroatoms. The Morgan fingerprint density at radius 1 is 1.28 bits per heavy atom. The number of aromatic nitrogens is 3. The van der Waals surface area contributed by atoms with Crippen molar-refractivity contribution in [2.75, 3.05) is 26.4 Å². The van der Waals surface area contributed by atoms with E-state index in [0.717, 1.165) is 48.4 Å². The van der Waals surface area contributed by atoms with Crippen LogP contribution in [0.5, 0.6) is 5.75 Å². The summed E-state index contributed by atoms with van der Waals surface area (Å²) in [5, 5.41) is 15.4. The minimum Gasteiger partial charge on any atom is -0.493 e. The van der Waals surface area contributed by atoms with Gasteiger partial charge in [0.25, 0.3) is 0 Å². The number of nitrogens with one attached hydrogen (secondary N) is 2. The lowest BCUT2D eigenvalue weighted by Gasteiger charge is -2.29. The van der Waals surface area contributed by atoms with E-state index < -0.39 is 0 Å². The highest BCUT2D eigenvalue weighted by atomic mass is 127. The number of nitrogens with zero attached hydrogens (tertiary/aromatic N) is 4. The zero-order valence-corrected chi connectivity index (χ0v) is 21.2. The average Bonchev–Trinajstić information content (AvgIpc) is 3.41. The number of guanidine groups is 1. The first-order chi connectivity index (χ1) is 15.1. The SMILES string of the molecule is Cc1nnc(CN=C(NC(C)COC2CCOC2)NC2CCOc3ccccc32)n1C.I. The highest BCUT2D eigenvalue weighted by molar-refractivity contribution is 14.0. The van der Waals surface area contributed by atoms with Crippen molar-refractivity contribution in [3.8, 4) is 5.75 Å². The molecule has 0 amide bonds. The minimum absolute atomic E-state index is 0. The number of para-hydroxylation sites is 1. The molecule has 2 N–H and O–H groups in total. The molecule has 176 valence electrons. The maximum atomic E-state index is 5.98. The second-order valence-electron chi connectivity index (χ2n) is 8.12. The molecule has 1 aromatic carbocycles. The zero-order valence-electron chi connectivity index (χ0n) is 18.9. The van der Waals surface area contributed by atoms with Crippen molar-refractivity contribution in [3.63, 3.8) is 0 Å². The van der Waals surface area contributed by atoms with Gasteiger partial charge < -0.3 is 29.4 Å². The van der Waals surface area contributed by atoms with Crippen LogP contribution in [0.25, 0.3) is 0 Å². The number of halogens is 1. The van der Waals surface area contributed by atoms with E-state index in [1.807, 2.05) is 36.7 Å². The number of fused-ring (bicyclic) bond motifs is 1. The molecule has 0 radical (unpaired) electrons. The molecule has 2 aliphatic heterocycles. The van der Waals surface area contributed by atoms with E-state index in [9.17, 15) is 0 Å². The number of ether oxygens (including phenoxy) is 3. The van der Waals surface area contributed by atoms with Gasteiger partial charge in [-0.05, 0) is 26.3 Å². The van der Waals surface area contributed by atoms with Crippen LogP contribution < -0.4 is 15.4 Å². The van der Waals surface area contributed by atoms with E-state index in [0.29, 0.717) is 26.4 Å². The molecule has 1 saturated heterocycles. The largest absolute Gasteiger partial charge is 0.493 e.